The van der Waals surface area contributed by atoms with Crippen molar-refractivity contribution in [3.05, 3.63) is 70.2 Å². The van der Waals surface area contributed by atoms with Crippen molar-refractivity contribution < 1.29 is 9.90 Å². The first-order valence-electron chi connectivity index (χ1n) is 6.95. The highest BCUT2D eigenvalue weighted by atomic mass is 79.9. The van der Waals surface area contributed by atoms with Crippen LogP contribution in [0.3, 0.4) is 0 Å². The zero-order valence-corrected chi connectivity index (χ0v) is 13.5. The summed E-state index contributed by atoms with van der Waals surface area (Å²) in [7, 11) is 0. The highest BCUT2D eigenvalue weighted by Crippen LogP contribution is 2.17. The van der Waals surface area contributed by atoms with E-state index in [-0.39, 0.29) is 12.3 Å². The Hall–Kier alpha value is -1.98. The van der Waals surface area contributed by atoms with Crippen LogP contribution < -0.4 is 5.43 Å². The highest BCUT2D eigenvalue weighted by molar-refractivity contribution is 9.10. The number of carbonyl (C=O) groups is 1. The minimum atomic E-state index is -0.638. The number of amides is 1. The lowest BCUT2D eigenvalue weighted by Gasteiger charge is -2.09. The van der Waals surface area contributed by atoms with Gasteiger partial charge >= 0.3 is 0 Å². The Kier molecular flexibility index (Phi) is 6.30. The van der Waals surface area contributed by atoms with Gasteiger partial charge in [0.1, 0.15) is 0 Å². The summed E-state index contributed by atoms with van der Waals surface area (Å²) in [5, 5.41) is 13.9. The predicted molar refractivity (Wildman–Crippen MR) is 90.5 cm³/mol. The van der Waals surface area contributed by atoms with Gasteiger partial charge in [-0.1, -0.05) is 58.4 Å². The third-order valence-corrected chi connectivity index (χ3v) is 3.57. The minimum absolute atomic E-state index is 0.214. The molecular formula is C17H17BrN2O2. The summed E-state index contributed by atoms with van der Waals surface area (Å²) in [4.78, 5) is 11.7. The van der Waals surface area contributed by atoms with Gasteiger partial charge in [-0.2, -0.15) is 5.10 Å². The van der Waals surface area contributed by atoms with E-state index >= 15 is 0 Å². The van der Waals surface area contributed by atoms with Crippen molar-refractivity contribution in [2.75, 3.05) is 0 Å². The molecule has 5 heteroatoms. The van der Waals surface area contributed by atoms with Crippen molar-refractivity contribution in [1.82, 2.24) is 5.43 Å². The SMILES string of the molecule is O=C(CC[C@H](O)c1ccccc1)N/N=C/c1cccc(Br)c1. The summed E-state index contributed by atoms with van der Waals surface area (Å²) in [5.41, 5.74) is 4.16. The second-order valence-corrected chi connectivity index (χ2v) is 5.73. The van der Waals surface area contributed by atoms with Crippen molar-refractivity contribution in [2.24, 2.45) is 5.10 Å². The number of benzene rings is 2. The molecule has 0 aliphatic carbocycles. The molecule has 1 atom stereocenters. The lowest BCUT2D eigenvalue weighted by molar-refractivity contribution is -0.121. The fourth-order valence-electron chi connectivity index (χ4n) is 1.93. The second-order valence-electron chi connectivity index (χ2n) is 4.81. The van der Waals surface area contributed by atoms with Crippen molar-refractivity contribution in [2.45, 2.75) is 18.9 Å². The first-order chi connectivity index (χ1) is 10.6. The molecule has 0 saturated heterocycles. The van der Waals surface area contributed by atoms with Crippen molar-refractivity contribution in [3.8, 4) is 0 Å². The molecule has 1 amide bonds. The second kappa shape index (κ2) is 8.46. The molecule has 0 bridgehead atoms. The van der Waals surface area contributed by atoms with E-state index in [9.17, 15) is 9.90 Å². The molecule has 0 radical (unpaired) electrons. The van der Waals surface area contributed by atoms with E-state index in [0.717, 1.165) is 15.6 Å². The van der Waals surface area contributed by atoms with Crippen LogP contribution in [-0.2, 0) is 4.79 Å². The van der Waals surface area contributed by atoms with E-state index in [4.69, 9.17) is 0 Å². The number of nitrogens with one attached hydrogen (secondary N) is 1. The number of rotatable bonds is 6. The molecule has 0 spiro atoms. The topological polar surface area (TPSA) is 61.7 Å². The lowest BCUT2D eigenvalue weighted by atomic mass is 10.1. The summed E-state index contributed by atoms with van der Waals surface area (Å²) in [6.07, 6.45) is 1.52. The van der Waals surface area contributed by atoms with E-state index in [1.54, 1.807) is 6.21 Å². The monoisotopic (exact) mass is 360 g/mol. The fraction of sp³-hybridized carbons (Fsp3) is 0.176. The third kappa shape index (κ3) is 5.42. The number of aliphatic hydroxyl groups is 1. The summed E-state index contributed by atoms with van der Waals surface area (Å²) >= 11 is 3.37. The van der Waals surface area contributed by atoms with Crippen molar-refractivity contribution in [3.63, 3.8) is 0 Å². The minimum Gasteiger partial charge on any atom is -0.388 e. The quantitative estimate of drug-likeness (QED) is 0.612. The summed E-state index contributed by atoms with van der Waals surface area (Å²) in [6, 6.07) is 16.9. The Morgan fingerprint density at radius 1 is 1.23 bits per heavy atom. The van der Waals surface area contributed by atoms with Gasteiger partial charge in [0, 0.05) is 10.9 Å². The largest absolute Gasteiger partial charge is 0.388 e. The molecule has 22 heavy (non-hydrogen) atoms. The van der Waals surface area contributed by atoms with Gasteiger partial charge in [0.2, 0.25) is 5.91 Å². The molecule has 114 valence electrons. The number of hydrogen-bond acceptors (Lipinski definition) is 3. The molecule has 0 unspecified atom stereocenters. The number of hydrogen-bond donors (Lipinski definition) is 2. The molecule has 0 fully saturated rings. The fourth-order valence-corrected chi connectivity index (χ4v) is 2.35. The van der Waals surface area contributed by atoms with Crippen molar-refractivity contribution in [1.29, 1.82) is 0 Å². The van der Waals surface area contributed by atoms with Gasteiger partial charge in [-0.25, -0.2) is 5.43 Å². The molecule has 2 rings (SSSR count). The molecule has 2 aromatic rings. The molecule has 0 aromatic heterocycles. The van der Waals surface area contributed by atoms with Crippen LogP contribution in [0.1, 0.15) is 30.1 Å². The summed E-state index contributed by atoms with van der Waals surface area (Å²) in [6.45, 7) is 0. The van der Waals surface area contributed by atoms with Crippen LogP contribution in [0.5, 0.6) is 0 Å². The molecular weight excluding hydrogens is 344 g/mol. The van der Waals surface area contributed by atoms with E-state index in [2.05, 4.69) is 26.5 Å². The number of nitrogens with zero attached hydrogens (tertiary/aromatic N) is 1. The Morgan fingerprint density at radius 3 is 2.73 bits per heavy atom. The van der Waals surface area contributed by atoms with Crippen LogP contribution in [0.15, 0.2) is 64.2 Å². The predicted octanol–water partition coefficient (Wildman–Crippen LogP) is 3.41. The molecule has 2 N–H and O–H groups in total. The van der Waals surface area contributed by atoms with Gasteiger partial charge < -0.3 is 5.11 Å². The third-order valence-electron chi connectivity index (χ3n) is 3.08. The zero-order chi connectivity index (χ0) is 15.8. The Bertz CT molecular complexity index is 644. The maximum atomic E-state index is 11.7. The van der Waals surface area contributed by atoms with Gasteiger partial charge in [-0.05, 0) is 29.7 Å². The van der Waals surface area contributed by atoms with Gasteiger partial charge in [0.15, 0.2) is 0 Å². The standard InChI is InChI=1S/C17H17BrN2O2/c18-15-8-4-5-13(11-15)12-19-20-17(22)10-9-16(21)14-6-2-1-3-7-14/h1-8,11-12,16,21H,9-10H2,(H,20,22)/b19-12+/t16-/m0/s1. The van der Waals surface area contributed by atoms with Crippen LogP contribution >= 0.6 is 15.9 Å². The Labute approximate surface area is 138 Å². The summed E-state index contributed by atoms with van der Waals surface area (Å²) < 4.78 is 0.953. The first-order valence-corrected chi connectivity index (χ1v) is 7.75. The average molecular weight is 361 g/mol. The summed E-state index contributed by atoms with van der Waals surface area (Å²) in [5.74, 6) is -0.221. The zero-order valence-electron chi connectivity index (χ0n) is 11.9. The average Bonchev–Trinajstić information content (AvgIpc) is 2.53. The maximum absolute atomic E-state index is 11.7. The maximum Gasteiger partial charge on any atom is 0.240 e. The smallest absolute Gasteiger partial charge is 0.240 e. The highest BCUT2D eigenvalue weighted by Gasteiger charge is 2.09. The van der Waals surface area contributed by atoms with Gasteiger partial charge in [0.25, 0.3) is 0 Å². The lowest BCUT2D eigenvalue weighted by Crippen LogP contribution is -2.18. The van der Waals surface area contributed by atoms with Gasteiger partial charge in [-0.3, -0.25) is 4.79 Å². The molecule has 4 nitrogen and oxygen atoms in total. The van der Waals surface area contributed by atoms with Crippen LogP contribution in [0, 0.1) is 0 Å². The first kappa shape index (κ1) is 16.4. The van der Waals surface area contributed by atoms with Crippen LogP contribution in [0.4, 0.5) is 0 Å². The number of halogens is 1. The normalized spacial score (nSPS) is 12.3. The molecule has 0 saturated carbocycles. The molecule has 0 heterocycles. The Balaban J connectivity index is 1.76. The van der Waals surface area contributed by atoms with Gasteiger partial charge in [0.05, 0.1) is 12.3 Å². The molecule has 2 aromatic carbocycles. The van der Waals surface area contributed by atoms with Crippen LogP contribution in [0.25, 0.3) is 0 Å². The number of hydrazone groups is 1. The van der Waals surface area contributed by atoms with E-state index in [1.165, 1.54) is 0 Å². The van der Waals surface area contributed by atoms with Crippen LogP contribution in [-0.4, -0.2) is 17.2 Å². The number of carbonyl (C=O) groups excluding carboxylic acids is 1. The molecule has 0 aliphatic rings. The van der Waals surface area contributed by atoms with Crippen LogP contribution in [0.2, 0.25) is 0 Å². The van der Waals surface area contributed by atoms with Crippen molar-refractivity contribution >= 4 is 28.1 Å². The van der Waals surface area contributed by atoms with E-state index < -0.39 is 6.10 Å². The Morgan fingerprint density at radius 2 is 2.00 bits per heavy atom. The number of aliphatic hydroxyl groups excluding tert-OH is 1. The van der Waals surface area contributed by atoms with Gasteiger partial charge in [-0.15, -0.1) is 0 Å². The van der Waals surface area contributed by atoms with E-state index in [1.807, 2.05) is 54.6 Å². The van der Waals surface area contributed by atoms with E-state index in [0.29, 0.717) is 6.42 Å². The molecule has 0 aliphatic heterocycles.